The highest BCUT2D eigenvalue weighted by atomic mass is 35.5. The summed E-state index contributed by atoms with van der Waals surface area (Å²) in [5.74, 6) is -1.40. The van der Waals surface area contributed by atoms with Gasteiger partial charge < -0.3 is 10.1 Å². The number of aromatic amines is 1. The van der Waals surface area contributed by atoms with E-state index in [9.17, 15) is 14.4 Å². The van der Waals surface area contributed by atoms with Crippen molar-refractivity contribution in [3.8, 4) is 0 Å². The van der Waals surface area contributed by atoms with Crippen molar-refractivity contribution in [1.29, 1.82) is 0 Å². The molecule has 0 radical (unpaired) electrons. The van der Waals surface area contributed by atoms with Gasteiger partial charge in [0.1, 0.15) is 0 Å². The molecule has 1 aromatic carbocycles. The number of carbonyl (C=O) groups is 2. The van der Waals surface area contributed by atoms with Crippen LogP contribution in [-0.2, 0) is 9.53 Å². The van der Waals surface area contributed by atoms with Crippen molar-refractivity contribution >= 4 is 51.7 Å². The lowest BCUT2D eigenvalue weighted by molar-refractivity contribution is -0.119. The summed E-state index contributed by atoms with van der Waals surface area (Å²) < 4.78 is 4.97. The summed E-state index contributed by atoms with van der Waals surface area (Å²) in [5, 5.41) is 9.50. The first-order valence-electron chi connectivity index (χ1n) is 7.64. The Kier molecular flexibility index (Phi) is 5.38. The van der Waals surface area contributed by atoms with Crippen LogP contribution in [0.1, 0.15) is 16.2 Å². The Morgan fingerprint density at radius 3 is 2.63 bits per heavy atom. The van der Waals surface area contributed by atoms with Gasteiger partial charge in [0.25, 0.3) is 11.5 Å². The molecule has 0 atom stereocenters. The fourth-order valence-electron chi connectivity index (χ4n) is 2.28. The molecule has 0 spiro atoms. The predicted octanol–water partition coefficient (Wildman–Crippen LogP) is 2.73. The molecule has 0 saturated carbocycles. The second-order valence-electron chi connectivity index (χ2n) is 5.46. The van der Waals surface area contributed by atoms with E-state index in [1.165, 1.54) is 6.07 Å². The minimum absolute atomic E-state index is 0.100. The number of amides is 1. The van der Waals surface area contributed by atoms with Crippen LogP contribution in [0.2, 0.25) is 10.0 Å². The maximum atomic E-state index is 12.2. The lowest BCUT2D eigenvalue weighted by Crippen LogP contribution is -2.23. The van der Waals surface area contributed by atoms with E-state index in [0.29, 0.717) is 16.1 Å². The lowest BCUT2D eigenvalue weighted by atomic mass is 10.1. The molecule has 2 N–H and O–H groups in total. The van der Waals surface area contributed by atoms with Gasteiger partial charge in [0.05, 0.1) is 21.1 Å². The first-order valence-corrected chi connectivity index (χ1v) is 8.39. The number of esters is 1. The number of halogens is 2. The fourth-order valence-corrected chi connectivity index (χ4v) is 2.69. The average molecular weight is 407 g/mol. The lowest BCUT2D eigenvalue weighted by Gasteiger charge is -2.09. The molecular formula is C17H12Cl2N4O4. The molecule has 3 rings (SSSR count). The summed E-state index contributed by atoms with van der Waals surface area (Å²) in [6.07, 6.45) is 0. The molecule has 138 valence electrons. The van der Waals surface area contributed by atoms with E-state index in [0.717, 1.165) is 0 Å². The molecule has 0 fully saturated rings. The van der Waals surface area contributed by atoms with E-state index < -0.39 is 24.0 Å². The molecule has 2 aromatic heterocycles. The molecule has 0 saturated heterocycles. The highest BCUT2D eigenvalue weighted by molar-refractivity contribution is 6.36. The Balaban J connectivity index is 1.71. The van der Waals surface area contributed by atoms with E-state index in [1.807, 2.05) is 0 Å². The molecule has 0 bridgehead atoms. The second kappa shape index (κ2) is 7.73. The molecule has 0 aliphatic carbocycles. The number of hydrogen-bond donors (Lipinski definition) is 2. The van der Waals surface area contributed by atoms with Crippen LogP contribution in [0.15, 0.2) is 35.1 Å². The van der Waals surface area contributed by atoms with E-state index in [1.54, 1.807) is 31.2 Å². The summed E-state index contributed by atoms with van der Waals surface area (Å²) in [6, 6.07) is 7.88. The molecule has 2 heterocycles. The topological polar surface area (TPSA) is 114 Å². The van der Waals surface area contributed by atoms with Gasteiger partial charge in [-0.05, 0) is 19.1 Å². The zero-order chi connectivity index (χ0) is 19.6. The standard InChI is InChI=1S/C17H12Cl2N4O4/c1-8-11(18)6-12(19)15(20-8)21-13(24)7-27-17(26)14-9-4-2-3-5-10(9)16(25)23-22-14/h2-6H,7H2,1H3,(H,23,25)(H,20,21,24). The van der Waals surface area contributed by atoms with Gasteiger partial charge in [-0.15, -0.1) is 0 Å². The molecule has 27 heavy (non-hydrogen) atoms. The number of nitrogens with one attached hydrogen (secondary N) is 2. The highest BCUT2D eigenvalue weighted by Crippen LogP contribution is 2.25. The van der Waals surface area contributed by atoms with Crippen LogP contribution < -0.4 is 10.9 Å². The fraction of sp³-hybridized carbons (Fsp3) is 0.118. The predicted molar refractivity (Wildman–Crippen MR) is 100 cm³/mol. The molecule has 10 heteroatoms. The third-order valence-electron chi connectivity index (χ3n) is 3.59. The molecule has 8 nitrogen and oxygen atoms in total. The summed E-state index contributed by atoms with van der Waals surface area (Å²) in [6.45, 7) is 1.06. The van der Waals surface area contributed by atoms with Gasteiger partial charge in [-0.3, -0.25) is 9.59 Å². The van der Waals surface area contributed by atoms with Gasteiger partial charge in [-0.25, -0.2) is 14.9 Å². The Morgan fingerprint density at radius 1 is 1.19 bits per heavy atom. The first-order chi connectivity index (χ1) is 12.9. The largest absolute Gasteiger partial charge is 0.451 e. The second-order valence-corrected chi connectivity index (χ2v) is 6.27. The number of ether oxygens (including phenoxy) is 1. The van der Waals surface area contributed by atoms with Crippen LogP contribution in [0.25, 0.3) is 10.8 Å². The zero-order valence-corrected chi connectivity index (χ0v) is 15.4. The number of nitrogens with zero attached hydrogens (tertiary/aromatic N) is 2. The molecule has 3 aromatic rings. The van der Waals surface area contributed by atoms with E-state index in [2.05, 4.69) is 20.5 Å². The molecule has 0 unspecified atom stereocenters. The van der Waals surface area contributed by atoms with Crippen LogP contribution in [0, 0.1) is 6.92 Å². The van der Waals surface area contributed by atoms with E-state index in [4.69, 9.17) is 27.9 Å². The van der Waals surface area contributed by atoms with E-state index >= 15 is 0 Å². The van der Waals surface area contributed by atoms with Gasteiger partial charge in [-0.1, -0.05) is 41.4 Å². The number of benzene rings is 1. The minimum atomic E-state index is -0.857. The van der Waals surface area contributed by atoms with Crippen molar-refractivity contribution < 1.29 is 14.3 Å². The first kappa shape index (κ1) is 18.8. The number of carbonyl (C=O) groups excluding carboxylic acids is 2. The summed E-state index contributed by atoms with van der Waals surface area (Å²) in [4.78, 5) is 40.1. The maximum absolute atomic E-state index is 12.2. The smallest absolute Gasteiger partial charge is 0.359 e. The Bertz CT molecular complexity index is 1110. The van der Waals surface area contributed by atoms with Crippen LogP contribution in [0.5, 0.6) is 0 Å². The van der Waals surface area contributed by atoms with Gasteiger partial charge in [0.15, 0.2) is 18.1 Å². The maximum Gasteiger partial charge on any atom is 0.359 e. The molecular weight excluding hydrogens is 395 g/mol. The zero-order valence-electron chi connectivity index (χ0n) is 13.9. The normalized spacial score (nSPS) is 10.6. The number of hydrogen-bond acceptors (Lipinski definition) is 6. The van der Waals surface area contributed by atoms with Crippen LogP contribution >= 0.6 is 23.2 Å². The molecule has 0 aliphatic rings. The summed E-state index contributed by atoms with van der Waals surface area (Å²) in [5.41, 5.74) is -0.0486. The molecule has 0 aliphatic heterocycles. The van der Waals surface area contributed by atoms with Crippen molar-refractivity contribution in [3.63, 3.8) is 0 Å². The number of pyridine rings is 1. The van der Waals surface area contributed by atoms with E-state index in [-0.39, 0.29) is 21.9 Å². The SMILES string of the molecule is Cc1nc(NC(=O)COC(=O)c2n[nH]c(=O)c3ccccc23)c(Cl)cc1Cl. The van der Waals surface area contributed by atoms with Crippen molar-refractivity contribution in [2.45, 2.75) is 6.92 Å². The number of H-pyrrole nitrogens is 1. The Morgan fingerprint density at radius 2 is 1.89 bits per heavy atom. The third kappa shape index (κ3) is 4.07. The van der Waals surface area contributed by atoms with Gasteiger partial charge >= 0.3 is 5.97 Å². The monoisotopic (exact) mass is 406 g/mol. The van der Waals surface area contributed by atoms with Crippen LogP contribution in [0.3, 0.4) is 0 Å². The number of anilines is 1. The van der Waals surface area contributed by atoms with Gasteiger partial charge in [-0.2, -0.15) is 5.10 Å². The Hall–Kier alpha value is -2.97. The summed E-state index contributed by atoms with van der Waals surface area (Å²) in [7, 11) is 0. The summed E-state index contributed by atoms with van der Waals surface area (Å²) >= 11 is 11.9. The van der Waals surface area contributed by atoms with Crippen LogP contribution in [0.4, 0.5) is 5.82 Å². The minimum Gasteiger partial charge on any atom is -0.451 e. The van der Waals surface area contributed by atoms with Gasteiger partial charge in [0, 0.05) is 5.39 Å². The molecule has 1 amide bonds. The van der Waals surface area contributed by atoms with Crippen molar-refractivity contribution in [1.82, 2.24) is 15.2 Å². The van der Waals surface area contributed by atoms with Crippen molar-refractivity contribution in [2.75, 3.05) is 11.9 Å². The number of rotatable bonds is 4. The third-order valence-corrected chi connectivity index (χ3v) is 4.26. The Labute approximate surface area is 162 Å². The number of aryl methyl sites for hydroxylation is 1. The van der Waals surface area contributed by atoms with Crippen LogP contribution in [-0.4, -0.2) is 33.7 Å². The quantitative estimate of drug-likeness (QED) is 0.643. The average Bonchev–Trinajstić information content (AvgIpc) is 2.65. The van der Waals surface area contributed by atoms with Crippen molar-refractivity contribution in [3.05, 3.63) is 62.1 Å². The van der Waals surface area contributed by atoms with Crippen molar-refractivity contribution in [2.24, 2.45) is 0 Å². The van der Waals surface area contributed by atoms with Gasteiger partial charge in [0.2, 0.25) is 0 Å². The highest BCUT2D eigenvalue weighted by Gasteiger charge is 2.17. The number of aromatic nitrogens is 3. The number of fused-ring (bicyclic) bond motifs is 1.